The zero-order valence-electron chi connectivity index (χ0n) is 7.70. The van der Waals surface area contributed by atoms with Crippen molar-refractivity contribution in [3.05, 3.63) is 14.6 Å². The van der Waals surface area contributed by atoms with Gasteiger partial charge in [-0.3, -0.25) is 9.59 Å². The second-order valence-corrected chi connectivity index (χ2v) is 4.88. The van der Waals surface area contributed by atoms with Gasteiger partial charge in [0.2, 0.25) is 5.91 Å². The molecule has 0 aromatic carbocycles. The van der Waals surface area contributed by atoms with Crippen LogP contribution in [0, 0.1) is 3.57 Å². The van der Waals surface area contributed by atoms with Crippen LogP contribution in [0.15, 0.2) is 5.38 Å². The molecule has 1 aliphatic heterocycles. The van der Waals surface area contributed by atoms with E-state index in [1.165, 1.54) is 16.4 Å². The van der Waals surface area contributed by atoms with Crippen molar-refractivity contribution in [1.82, 2.24) is 14.6 Å². The number of carbonyl (C=O) groups is 2. The summed E-state index contributed by atoms with van der Waals surface area (Å²) in [6.45, 7) is 1.20. The molecule has 1 N–H and O–H groups in total. The Morgan fingerprint density at radius 3 is 3.07 bits per heavy atom. The number of hydrogen-bond donors (Lipinski definition) is 1. The zero-order chi connectivity index (χ0) is 10.8. The summed E-state index contributed by atoms with van der Waals surface area (Å²) in [7, 11) is 0. The number of carbonyl (C=O) groups excluding carboxylic acids is 2. The zero-order valence-corrected chi connectivity index (χ0v) is 10.7. The highest BCUT2D eigenvalue weighted by Crippen LogP contribution is 2.15. The highest BCUT2D eigenvalue weighted by molar-refractivity contribution is 14.1. The highest BCUT2D eigenvalue weighted by Gasteiger charge is 2.25. The third-order valence-corrected chi connectivity index (χ3v) is 3.93. The molecule has 1 aliphatic rings. The van der Waals surface area contributed by atoms with Gasteiger partial charge < -0.3 is 10.2 Å². The molecule has 0 unspecified atom stereocenters. The second-order valence-electron chi connectivity index (χ2n) is 3.09. The minimum Gasteiger partial charge on any atom is -0.353 e. The van der Waals surface area contributed by atoms with Crippen LogP contribution in [-0.2, 0) is 4.79 Å². The van der Waals surface area contributed by atoms with E-state index >= 15 is 0 Å². The normalized spacial score (nSPS) is 16.3. The van der Waals surface area contributed by atoms with Gasteiger partial charge in [0.15, 0.2) is 5.69 Å². The van der Waals surface area contributed by atoms with Crippen LogP contribution >= 0.6 is 34.1 Å². The number of nitrogens with zero attached hydrogens (tertiary/aromatic N) is 2. The number of rotatable bonds is 1. The Labute approximate surface area is 104 Å². The molecule has 0 radical (unpaired) electrons. The molecule has 5 nitrogen and oxygen atoms in total. The van der Waals surface area contributed by atoms with Crippen molar-refractivity contribution in [3.63, 3.8) is 0 Å². The maximum atomic E-state index is 11.9. The van der Waals surface area contributed by atoms with E-state index in [2.05, 4.69) is 32.3 Å². The topological polar surface area (TPSA) is 62.3 Å². The summed E-state index contributed by atoms with van der Waals surface area (Å²) in [5.41, 5.74) is 0.454. The van der Waals surface area contributed by atoms with E-state index in [0.717, 1.165) is 3.57 Å². The van der Waals surface area contributed by atoms with Crippen molar-refractivity contribution in [2.75, 3.05) is 19.6 Å². The van der Waals surface area contributed by atoms with E-state index in [1.807, 2.05) is 5.38 Å². The number of halogens is 1. The minimum absolute atomic E-state index is 0.111. The predicted octanol–water partition coefficient (Wildman–Crippen LogP) is 0.320. The maximum absolute atomic E-state index is 11.9. The molecule has 2 amide bonds. The van der Waals surface area contributed by atoms with Crippen molar-refractivity contribution in [2.45, 2.75) is 0 Å². The summed E-state index contributed by atoms with van der Waals surface area (Å²) in [6, 6.07) is 0. The standard InChI is InChI=1S/C8H8IN3O2S/c9-5-4-15-11-7(5)8(14)12-2-1-10-6(13)3-12/h4H,1-3H2,(H,10,13). The lowest BCUT2D eigenvalue weighted by atomic mass is 10.3. The van der Waals surface area contributed by atoms with Gasteiger partial charge in [0.1, 0.15) is 0 Å². The lowest BCUT2D eigenvalue weighted by Crippen LogP contribution is -2.50. The van der Waals surface area contributed by atoms with E-state index in [4.69, 9.17) is 0 Å². The summed E-state index contributed by atoms with van der Waals surface area (Å²) in [6.07, 6.45) is 0. The molecule has 0 aliphatic carbocycles. The molecule has 0 spiro atoms. The first-order chi connectivity index (χ1) is 7.18. The molecule has 2 rings (SSSR count). The Kier molecular flexibility index (Phi) is 3.19. The van der Waals surface area contributed by atoms with Crippen LogP contribution in [0.5, 0.6) is 0 Å². The van der Waals surface area contributed by atoms with Crippen LogP contribution in [0.4, 0.5) is 0 Å². The summed E-state index contributed by atoms with van der Waals surface area (Å²) in [5.74, 6) is -0.268. The van der Waals surface area contributed by atoms with Crippen molar-refractivity contribution in [2.24, 2.45) is 0 Å². The third-order valence-electron chi connectivity index (χ3n) is 2.05. The monoisotopic (exact) mass is 337 g/mol. The fourth-order valence-corrected chi connectivity index (χ4v) is 2.72. The average molecular weight is 337 g/mol. The quantitative estimate of drug-likeness (QED) is 0.751. The molecule has 1 aromatic rings. The maximum Gasteiger partial charge on any atom is 0.275 e. The fraction of sp³-hybridized carbons (Fsp3) is 0.375. The Balaban J connectivity index is 2.14. The lowest BCUT2D eigenvalue weighted by Gasteiger charge is -2.25. The molecule has 7 heteroatoms. The Bertz CT molecular complexity index is 406. The van der Waals surface area contributed by atoms with E-state index in [9.17, 15) is 9.59 Å². The van der Waals surface area contributed by atoms with Gasteiger partial charge in [-0.1, -0.05) is 0 Å². The Morgan fingerprint density at radius 1 is 1.67 bits per heavy atom. The Morgan fingerprint density at radius 2 is 2.47 bits per heavy atom. The molecule has 80 valence electrons. The molecule has 2 heterocycles. The van der Waals surface area contributed by atoms with Crippen molar-refractivity contribution in [3.8, 4) is 0 Å². The Hall–Kier alpha value is -0.700. The molecule has 15 heavy (non-hydrogen) atoms. The lowest BCUT2D eigenvalue weighted by molar-refractivity contribution is -0.123. The molecular weight excluding hydrogens is 329 g/mol. The third kappa shape index (κ3) is 2.28. The van der Waals surface area contributed by atoms with E-state index in [0.29, 0.717) is 18.8 Å². The molecule has 1 saturated heterocycles. The summed E-state index contributed by atoms with van der Waals surface area (Å²) in [4.78, 5) is 24.5. The molecule has 1 aromatic heterocycles. The van der Waals surface area contributed by atoms with Crippen LogP contribution in [-0.4, -0.2) is 40.7 Å². The van der Waals surface area contributed by atoms with Crippen molar-refractivity contribution in [1.29, 1.82) is 0 Å². The predicted molar refractivity (Wildman–Crippen MR) is 63.7 cm³/mol. The van der Waals surface area contributed by atoms with Gasteiger partial charge in [0.25, 0.3) is 5.91 Å². The number of hydrogen-bond acceptors (Lipinski definition) is 4. The van der Waals surface area contributed by atoms with E-state index in [-0.39, 0.29) is 18.4 Å². The highest BCUT2D eigenvalue weighted by atomic mass is 127. The first-order valence-electron chi connectivity index (χ1n) is 4.34. The van der Waals surface area contributed by atoms with Gasteiger partial charge in [0.05, 0.1) is 10.1 Å². The largest absolute Gasteiger partial charge is 0.353 e. The molecule has 0 bridgehead atoms. The fourth-order valence-electron chi connectivity index (χ4n) is 1.33. The molecule has 0 atom stereocenters. The van der Waals surface area contributed by atoms with Crippen LogP contribution in [0.3, 0.4) is 0 Å². The van der Waals surface area contributed by atoms with E-state index < -0.39 is 0 Å². The molecular formula is C8H8IN3O2S. The summed E-state index contributed by atoms with van der Waals surface area (Å²) >= 11 is 3.33. The number of aromatic nitrogens is 1. The first kappa shape index (κ1) is 10.8. The SMILES string of the molecule is O=C1CN(C(=O)c2nscc2I)CCN1. The smallest absolute Gasteiger partial charge is 0.275 e. The molecule has 1 fully saturated rings. The van der Waals surface area contributed by atoms with Gasteiger partial charge in [-0.15, -0.1) is 0 Å². The summed E-state index contributed by atoms with van der Waals surface area (Å²) in [5, 5.41) is 4.49. The number of amides is 2. The number of nitrogens with one attached hydrogen (secondary N) is 1. The van der Waals surface area contributed by atoms with Crippen LogP contribution < -0.4 is 5.32 Å². The first-order valence-corrected chi connectivity index (χ1v) is 6.26. The van der Waals surface area contributed by atoms with Crippen LogP contribution in [0.1, 0.15) is 10.5 Å². The van der Waals surface area contributed by atoms with Crippen molar-refractivity contribution >= 4 is 45.9 Å². The minimum atomic E-state index is -0.157. The van der Waals surface area contributed by atoms with Gasteiger partial charge in [-0.2, -0.15) is 4.37 Å². The van der Waals surface area contributed by atoms with Crippen molar-refractivity contribution < 1.29 is 9.59 Å². The average Bonchev–Trinajstić information content (AvgIpc) is 2.63. The number of piperazine rings is 1. The van der Waals surface area contributed by atoms with Crippen LogP contribution in [0.25, 0.3) is 0 Å². The van der Waals surface area contributed by atoms with E-state index in [1.54, 1.807) is 0 Å². The summed E-state index contributed by atoms with van der Waals surface area (Å²) < 4.78 is 4.87. The second kappa shape index (κ2) is 4.44. The van der Waals surface area contributed by atoms with Crippen LogP contribution in [0.2, 0.25) is 0 Å². The van der Waals surface area contributed by atoms with Gasteiger partial charge >= 0.3 is 0 Å². The molecule has 0 saturated carbocycles. The van der Waals surface area contributed by atoms with Gasteiger partial charge in [0, 0.05) is 18.5 Å². The van der Waals surface area contributed by atoms with Gasteiger partial charge in [-0.05, 0) is 34.1 Å². The van der Waals surface area contributed by atoms with Gasteiger partial charge in [-0.25, -0.2) is 0 Å².